The predicted octanol–water partition coefficient (Wildman–Crippen LogP) is 3.49. The lowest BCUT2D eigenvalue weighted by Crippen LogP contribution is -2.15. The highest BCUT2D eigenvalue weighted by Crippen LogP contribution is 2.30. The SMILES string of the molecule is COc1ccsc1C(=O)Nc1cc(C(=O)O)ccc1OC(C)C. The van der Waals surface area contributed by atoms with E-state index in [0.29, 0.717) is 22.1 Å². The number of carbonyl (C=O) groups is 2. The lowest BCUT2D eigenvalue weighted by atomic mass is 10.2. The Kier molecular flexibility index (Phi) is 5.23. The smallest absolute Gasteiger partial charge is 0.335 e. The van der Waals surface area contributed by atoms with Gasteiger partial charge in [0.25, 0.3) is 5.91 Å². The van der Waals surface area contributed by atoms with Gasteiger partial charge in [-0.3, -0.25) is 4.79 Å². The number of thiophene rings is 1. The average molecular weight is 335 g/mol. The number of hydrogen-bond acceptors (Lipinski definition) is 5. The maximum atomic E-state index is 12.4. The van der Waals surface area contributed by atoms with E-state index in [1.54, 1.807) is 11.4 Å². The van der Waals surface area contributed by atoms with E-state index in [-0.39, 0.29) is 17.6 Å². The number of aromatic carboxylic acids is 1. The van der Waals surface area contributed by atoms with Gasteiger partial charge in [0.1, 0.15) is 16.4 Å². The van der Waals surface area contributed by atoms with Gasteiger partial charge in [0.2, 0.25) is 0 Å². The molecule has 0 atom stereocenters. The first-order valence-corrected chi connectivity index (χ1v) is 7.77. The lowest BCUT2D eigenvalue weighted by molar-refractivity contribution is 0.0696. The molecular formula is C16H17NO5S. The Bertz CT molecular complexity index is 723. The van der Waals surface area contributed by atoms with Crippen molar-refractivity contribution in [3.05, 3.63) is 40.1 Å². The summed E-state index contributed by atoms with van der Waals surface area (Å²) in [5.74, 6) is -0.583. The fraction of sp³-hybridized carbons (Fsp3) is 0.250. The summed E-state index contributed by atoms with van der Waals surface area (Å²) in [5.41, 5.74) is 0.369. The van der Waals surface area contributed by atoms with E-state index in [9.17, 15) is 9.59 Å². The molecule has 1 aromatic heterocycles. The minimum Gasteiger partial charge on any atom is -0.495 e. The molecular weight excluding hydrogens is 318 g/mol. The van der Waals surface area contributed by atoms with Crippen molar-refractivity contribution in [2.24, 2.45) is 0 Å². The molecule has 0 saturated carbocycles. The van der Waals surface area contributed by atoms with Crippen LogP contribution in [-0.2, 0) is 0 Å². The van der Waals surface area contributed by atoms with Crippen LogP contribution >= 0.6 is 11.3 Å². The molecule has 0 fully saturated rings. The summed E-state index contributed by atoms with van der Waals surface area (Å²) >= 11 is 1.24. The second kappa shape index (κ2) is 7.15. The number of methoxy groups -OCH3 is 1. The number of nitrogens with one attached hydrogen (secondary N) is 1. The molecule has 0 spiro atoms. The molecule has 0 aliphatic carbocycles. The van der Waals surface area contributed by atoms with Crippen LogP contribution in [0.15, 0.2) is 29.6 Å². The second-order valence-electron chi connectivity index (χ2n) is 4.95. The molecule has 7 heteroatoms. The summed E-state index contributed by atoms with van der Waals surface area (Å²) < 4.78 is 10.7. The van der Waals surface area contributed by atoms with Gasteiger partial charge in [0.15, 0.2) is 0 Å². The van der Waals surface area contributed by atoms with E-state index >= 15 is 0 Å². The summed E-state index contributed by atoms with van der Waals surface area (Å²) in [5, 5.41) is 13.5. The second-order valence-corrected chi connectivity index (χ2v) is 5.87. The van der Waals surface area contributed by atoms with E-state index in [0.717, 1.165) is 0 Å². The third kappa shape index (κ3) is 4.01. The fourth-order valence-corrected chi connectivity index (χ4v) is 2.67. The summed E-state index contributed by atoms with van der Waals surface area (Å²) in [6.07, 6.45) is -0.113. The van der Waals surface area contributed by atoms with E-state index < -0.39 is 5.97 Å². The van der Waals surface area contributed by atoms with Gasteiger partial charge in [0, 0.05) is 0 Å². The maximum Gasteiger partial charge on any atom is 0.335 e. The zero-order chi connectivity index (χ0) is 17.0. The van der Waals surface area contributed by atoms with Gasteiger partial charge in [-0.2, -0.15) is 0 Å². The third-order valence-electron chi connectivity index (χ3n) is 2.89. The molecule has 2 N–H and O–H groups in total. The van der Waals surface area contributed by atoms with E-state index in [4.69, 9.17) is 14.6 Å². The summed E-state index contributed by atoms with van der Waals surface area (Å²) in [6.45, 7) is 3.69. The Labute approximate surface area is 137 Å². The van der Waals surface area contributed by atoms with Gasteiger partial charge >= 0.3 is 5.97 Å². The van der Waals surface area contributed by atoms with Crippen LogP contribution in [0.25, 0.3) is 0 Å². The van der Waals surface area contributed by atoms with Gasteiger partial charge in [-0.25, -0.2) is 4.79 Å². The van der Waals surface area contributed by atoms with Gasteiger partial charge in [-0.1, -0.05) is 0 Å². The Morgan fingerprint density at radius 1 is 1.22 bits per heavy atom. The highest BCUT2D eigenvalue weighted by atomic mass is 32.1. The first kappa shape index (κ1) is 16.8. The summed E-state index contributed by atoms with van der Waals surface area (Å²) in [4.78, 5) is 23.9. The summed E-state index contributed by atoms with van der Waals surface area (Å²) in [6, 6.07) is 6.03. The van der Waals surface area contributed by atoms with Crippen LogP contribution in [0.4, 0.5) is 5.69 Å². The van der Waals surface area contributed by atoms with E-state index in [2.05, 4.69) is 5.32 Å². The predicted molar refractivity (Wildman–Crippen MR) is 88.0 cm³/mol. The van der Waals surface area contributed by atoms with Crippen molar-refractivity contribution in [2.75, 3.05) is 12.4 Å². The number of benzene rings is 1. The molecule has 0 aliphatic rings. The van der Waals surface area contributed by atoms with Gasteiger partial charge in [0.05, 0.1) is 24.5 Å². The van der Waals surface area contributed by atoms with Crippen LogP contribution in [0.1, 0.15) is 33.9 Å². The molecule has 1 aromatic carbocycles. The molecule has 1 amide bonds. The van der Waals surface area contributed by atoms with Gasteiger partial charge in [-0.05, 0) is 43.5 Å². The van der Waals surface area contributed by atoms with Gasteiger partial charge in [-0.15, -0.1) is 11.3 Å². The highest BCUT2D eigenvalue weighted by molar-refractivity contribution is 7.12. The van der Waals surface area contributed by atoms with Crippen molar-refractivity contribution in [3.63, 3.8) is 0 Å². The number of ether oxygens (including phenoxy) is 2. The molecule has 0 bridgehead atoms. The molecule has 0 unspecified atom stereocenters. The Balaban J connectivity index is 2.34. The van der Waals surface area contributed by atoms with Crippen LogP contribution in [0.2, 0.25) is 0 Å². The fourth-order valence-electron chi connectivity index (χ4n) is 1.92. The molecule has 23 heavy (non-hydrogen) atoms. The Hall–Kier alpha value is -2.54. The molecule has 122 valence electrons. The monoisotopic (exact) mass is 335 g/mol. The van der Waals surface area contributed by atoms with Gasteiger partial charge < -0.3 is 19.9 Å². The number of carbonyl (C=O) groups excluding carboxylic acids is 1. The molecule has 0 aliphatic heterocycles. The van der Waals surface area contributed by atoms with E-state index in [1.807, 2.05) is 13.8 Å². The minimum absolute atomic E-state index is 0.0644. The van der Waals surface area contributed by atoms with Crippen LogP contribution < -0.4 is 14.8 Å². The van der Waals surface area contributed by atoms with Crippen molar-refractivity contribution in [2.45, 2.75) is 20.0 Å². The first-order chi connectivity index (χ1) is 10.9. The molecule has 0 saturated heterocycles. The van der Waals surface area contributed by atoms with Crippen LogP contribution in [0.3, 0.4) is 0 Å². The Morgan fingerprint density at radius 3 is 2.57 bits per heavy atom. The lowest BCUT2D eigenvalue weighted by Gasteiger charge is -2.15. The van der Waals surface area contributed by atoms with Crippen molar-refractivity contribution in [1.82, 2.24) is 0 Å². The van der Waals surface area contributed by atoms with Crippen molar-refractivity contribution in [3.8, 4) is 11.5 Å². The quantitative estimate of drug-likeness (QED) is 0.844. The minimum atomic E-state index is -1.08. The van der Waals surface area contributed by atoms with Crippen molar-refractivity contribution < 1.29 is 24.2 Å². The number of carboxylic acids is 1. The number of carboxylic acid groups (broad SMARTS) is 1. The van der Waals surface area contributed by atoms with Crippen LogP contribution in [-0.4, -0.2) is 30.2 Å². The largest absolute Gasteiger partial charge is 0.495 e. The number of hydrogen-bond donors (Lipinski definition) is 2. The van der Waals surface area contributed by atoms with Crippen molar-refractivity contribution in [1.29, 1.82) is 0 Å². The number of anilines is 1. The zero-order valence-electron chi connectivity index (χ0n) is 13.0. The third-order valence-corrected chi connectivity index (χ3v) is 3.79. The van der Waals surface area contributed by atoms with Crippen LogP contribution in [0.5, 0.6) is 11.5 Å². The number of amides is 1. The van der Waals surface area contributed by atoms with Crippen LogP contribution in [0, 0.1) is 0 Å². The normalized spacial score (nSPS) is 10.4. The maximum absolute atomic E-state index is 12.4. The molecule has 2 aromatic rings. The molecule has 1 heterocycles. The van der Waals surface area contributed by atoms with E-state index in [1.165, 1.54) is 36.6 Å². The molecule has 0 radical (unpaired) electrons. The zero-order valence-corrected chi connectivity index (χ0v) is 13.8. The summed E-state index contributed by atoms with van der Waals surface area (Å²) in [7, 11) is 1.48. The molecule has 2 rings (SSSR count). The highest BCUT2D eigenvalue weighted by Gasteiger charge is 2.18. The molecule has 6 nitrogen and oxygen atoms in total. The van der Waals surface area contributed by atoms with Crippen molar-refractivity contribution >= 4 is 28.9 Å². The standard InChI is InChI=1S/C16H17NO5S/c1-9(2)22-12-5-4-10(16(19)20)8-11(12)17-15(18)14-13(21-3)6-7-23-14/h4-9H,1-3H3,(H,17,18)(H,19,20). The number of rotatable bonds is 6. The Morgan fingerprint density at radius 2 is 1.96 bits per heavy atom. The first-order valence-electron chi connectivity index (χ1n) is 6.89. The topological polar surface area (TPSA) is 84.9 Å². The average Bonchev–Trinajstić information content (AvgIpc) is 2.96.